The Bertz CT molecular complexity index is 2160. The standard InChI is InChI=1S/C41H49N3O12S/c1-18-11-10-12-19(2)39(52)44-30-25(17-43-40-42-14-16-57-40)34(49)27-28(35(30)50)33(48)23(6)37-29(27)38(51)41(8,56-37)54-15-13-26(53-9)20(3)36(55-24(7)45)22(5)32(47)21(4)31(18)46/h10-18,20-22,26,31-32,36,46-50H,1-9H3,(H,44,52)/b11-10+,15-13+,19-12-,43-17+/t18-,20+,21+,22+,26-,31-,32+,36+,41-/m0/s1. The molecule has 15 nitrogen and oxygen atoms in total. The maximum atomic E-state index is 14.3. The van der Waals surface area contributed by atoms with Crippen molar-refractivity contribution in [1.82, 2.24) is 4.98 Å². The second-order valence-corrected chi connectivity index (χ2v) is 15.6. The van der Waals surface area contributed by atoms with E-state index in [1.54, 1.807) is 45.2 Å². The van der Waals surface area contributed by atoms with Gasteiger partial charge in [0.15, 0.2) is 5.75 Å². The van der Waals surface area contributed by atoms with Crippen molar-refractivity contribution in [3.05, 3.63) is 64.4 Å². The minimum Gasteiger partial charge on any atom is -0.507 e. The molecule has 5 bridgehead atoms. The van der Waals surface area contributed by atoms with Gasteiger partial charge in [0.25, 0.3) is 11.7 Å². The summed E-state index contributed by atoms with van der Waals surface area (Å²) in [5, 5.41) is 62.0. The van der Waals surface area contributed by atoms with Crippen LogP contribution in [0.1, 0.15) is 70.0 Å². The van der Waals surface area contributed by atoms with Gasteiger partial charge in [-0.05, 0) is 19.9 Å². The van der Waals surface area contributed by atoms with Crippen molar-refractivity contribution >= 4 is 56.8 Å². The van der Waals surface area contributed by atoms with Gasteiger partial charge in [0.05, 0.1) is 46.8 Å². The molecule has 306 valence electrons. The molecule has 0 unspecified atom stereocenters. The Labute approximate surface area is 334 Å². The van der Waals surface area contributed by atoms with Gasteiger partial charge in [-0.25, -0.2) is 9.98 Å². The topological polar surface area (TPSA) is 227 Å². The largest absolute Gasteiger partial charge is 0.507 e. The molecule has 57 heavy (non-hydrogen) atoms. The number of aromatic nitrogens is 1. The SMILES string of the molecule is CO[C@H]1/C=C/O[C@@]2(C)Oc3c(C)c(O)c4c(O)c(c(/C=N/c5nccs5)c(O)c4c3C2=O)NC(=O)/C(C)=C\C=C\[C@H](C)[C@H](O)[C@@H](C)[C@@H](O)[C@@H](C)[C@H](OC(C)=O)[C@@H]1C. The Balaban J connectivity index is 1.72. The van der Waals surface area contributed by atoms with Crippen LogP contribution < -0.4 is 10.1 Å². The maximum absolute atomic E-state index is 14.3. The van der Waals surface area contributed by atoms with Crippen LogP contribution >= 0.6 is 11.3 Å². The Morgan fingerprint density at radius 3 is 2.33 bits per heavy atom. The first-order valence-electron chi connectivity index (χ1n) is 18.4. The van der Waals surface area contributed by atoms with Crippen molar-refractivity contribution in [3.63, 3.8) is 0 Å². The number of amides is 1. The molecule has 0 aliphatic carbocycles. The fourth-order valence-corrected chi connectivity index (χ4v) is 7.75. The number of Topliss-reactive ketones (excluding diaryl/α,β-unsaturated/α-hetero) is 1. The number of ether oxygens (including phenoxy) is 4. The number of carbonyl (C=O) groups is 3. The number of aliphatic hydroxyl groups excluding tert-OH is 2. The number of benzene rings is 2. The number of esters is 1. The van der Waals surface area contributed by atoms with Gasteiger partial charge in [0, 0.05) is 78.9 Å². The van der Waals surface area contributed by atoms with E-state index in [9.17, 15) is 39.9 Å². The van der Waals surface area contributed by atoms with Gasteiger partial charge in [0.1, 0.15) is 23.4 Å². The monoisotopic (exact) mass is 807 g/mol. The van der Waals surface area contributed by atoms with E-state index in [1.165, 1.54) is 77.0 Å². The molecule has 3 aliphatic rings. The van der Waals surface area contributed by atoms with Crippen molar-refractivity contribution in [2.75, 3.05) is 12.4 Å². The van der Waals surface area contributed by atoms with E-state index in [2.05, 4.69) is 15.3 Å². The molecule has 1 aromatic heterocycles. The number of phenolic OH excluding ortho intramolecular Hbond substituents is 3. The lowest BCUT2D eigenvalue weighted by Crippen LogP contribution is -2.46. The minimum atomic E-state index is -2.06. The van der Waals surface area contributed by atoms with Crippen LogP contribution in [0.15, 0.2) is 52.7 Å². The number of phenols is 3. The summed E-state index contributed by atoms with van der Waals surface area (Å²) in [5.41, 5.74) is -0.536. The number of nitrogens with one attached hydrogen (secondary N) is 1. The zero-order valence-corrected chi connectivity index (χ0v) is 34.0. The molecule has 3 aliphatic heterocycles. The second-order valence-electron chi connectivity index (χ2n) is 14.7. The molecular weight excluding hydrogens is 759 g/mol. The molecule has 3 aromatic rings. The third-order valence-electron chi connectivity index (χ3n) is 10.8. The van der Waals surface area contributed by atoms with E-state index < -0.39 is 88.8 Å². The van der Waals surface area contributed by atoms with Crippen LogP contribution in [0, 0.1) is 30.6 Å². The number of fused-ring (bicyclic) bond motifs is 14. The molecule has 9 atom stereocenters. The normalized spacial score (nSPS) is 30.8. The first kappa shape index (κ1) is 42.8. The van der Waals surface area contributed by atoms with Crippen molar-refractivity contribution in [1.29, 1.82) is 0 Å². The number of rotatable bonds is 4. The molecule has 0 radical (unpaired) electrons. The highest BCUT2D eigenvalue weighted by molar-refractivity contribution is 7.13. The third kappa shape index (κ3) is 8.26. The fraction of sp³-hybridized carbons (Fsp3) is 0.439. The second kappa shape index (κ2) is 17.1. The lowest BCUT2D eigenvalue weighted by Gasteiger charge is -2.38. The number of allylic oxidation sites excluding steroid dienone is 2. The lowest BCUT2D eigenvalue weighted by molar-refractivity contribution is -0.160. The van der Waals surface area contributed by atoms with Gasteiger partial charge in [-0.15, -0.1) is 11.3 Å². The van der Waals surface area contributed by atoms with Crippen molar-refractivity contribution in [2.45, 2.75) is 85.6 Å². The number of ketones is 1. The zero-order chi connectivity index (χ0) is 42.1. The van der Waals surface area contributed by atoms with Crippen LogP contribution in [0.4, 0.5) is 10.8 Å². The summed E-state index contributed by atoms with van der Waals surface area (Å²) in [4.78, 5) is 48.7. The summed E-state index contributed by atoms with van der Waals surface area (Å²) in [6, 6.07) is 0. The predicted octanol–water partition coefficient (Wildman–Crippen LogP) is 5.96. The summed E-state index contributed by atoms with van der Waals surface area (Å²) < 4.78 is 23.5. The van der Waals surface area contributed by atoms with E-state index in [4.69, 9.17) is 18.9 Å². The van der Waals surface area contributed by atoms with Crippen LogP contribution in [0.5, 0.6) is 23.0 Å². The summed E-state index contributed by atoms with van der Waals surface area (Å²) in [7, 11) is 1.43. The summed E-state index contributed by atoms with van der Waals surface area (Å²) in [6.45, 7) is 12.4. The van der Waals surface area contributed by atoms with E-state index in [1.807, 2.05) is 0 Å². The molecule has 6 N–H and O–H groups in total. The fourth-order valence-electron chi connectivity index (χ4n) is 7.27. The average molecular weight is 808 g/mol. The molecule has 16 heteroatoms. The van der Waals surface area contributed by atoms with E-state index in [0.29, 0.717) is 0 Å². The number of aromatic hydroxyl groups is 3. The van der Waals surface area contributed by atoms with Crippen LogP contribution in [0.3, 0.4) is 0 Å². The molecule has 6 rings (SSSR count). The molecule has 0 spiro atoms. The number of anilines is 1. The Kier molecular flexibility index (Phi) is 12.8. The van der Waals surface area contributed by atoms with Gasteiger partial charge >= 0.3 is 11.8 Å². The smallest absolute Gasteiger partial charge is 0.312 e. The number of hydrogen-bond acceptors (Lipinski definition) is 15. The highest BCUT2D eigenvalue weighted by Gasteiger charge is 2.50. The number of nitrogens with zero attached hydrogens (tertiary/aromatic N) is 2. The van der Waals surface area contributed by atoms with Gasteiger partial charge in [-0.2, -0.15) is 0 Å². The van der Waals surface area contributed by atoms with Gasteiger partial charge < -0.3 is 49.8 Å². The lowest BCUT2D eigenvalue weighted by atomic mass is 9.78. The average Bonchev–Trinajstić information content (AvgIpc) is 3.79. The summed E-state index contributed by atoms with van der Waals surface area (Å²) in [6.07, 6.45) is 6.15. The quantitative estimate of drug-likeness (QED) is 0.0775. The van der Waals surface area contributed by atoms with Crippen molar-refractivity contribution in [2.24, 2.45) is 28.7 Å². The van der Waals surface area contributed by atoms with Crippen LogP contribution in [0.2, 0.25) is 0 Å². The van der Waals surface area contributed by atoms with Crippen molar-refractivity contribution in [3.8, 4) is 23.0 Å². The van der Waals surface area contributed by atoms with Crippen LogP contribution in [-0.4, -0.2) is 91.7 Å². The number of carbonyl (C=O) groups excluding carboxylic acids is 3. The van der Waals surface area contributed by atoms with Gasteiger partial charge in [0.2, 0.25) is 5.13 Å². The highest BCUT2D eigenvalue weighted by Crippen LogP contribution is 2.55. The molecule has 2 aromatic carbocycles. The van der Waals surface area contributed by atoms with Crippen LogP contribution in [-0.2, 0) is 23.8 Å². The van der Waals surface area contributed by atoms with Crippen molar-refractivity contribution < 1.29 is 58.9 Å². The first-order chi connectivity index (χ1) is 26.8. The predicted molar refractivity (Wildman–Crippen MR) is 213 cm³/mol. The van der Waals surface area contributed by atoms with E-state index in [-0.39, 0.29) is 49.6 Å². The number of thiazole rings is 1. The first-order valence-corrected chi connectivity index (χ1v) is 19.2. The van der Waals surface area contributed by atoms with E-state index >= 15 is 0 Å². The minimum absolute atomic E-state index is 0.0377. The summed E-state index contributed by atoms with van der Waals surface area (Å²) >= 11 is 1.18. The van der Waals surface area contributed by atoms with E-state index in [0.717, 1.165) is 0 Å². The molecule has 0 fully saturated rings. The number of hydrogen-bond donors (Lipinski definition) is 6. The number of methoxy groups -OCH3 is 1. The summed E-state index contributed by atoms with van der Waals surface area (Å²) in [5.74, 6) is -8.57. The van der Waals surface area contributed by atoms with Gasteiger partial charge in [-0.3, -0.25) is 14.4 Å². The molecule has 4 heterocycles. The molecule has 0 saturated carbocycles. The maximum Gasteiger partial charge on any atom is 0.312 e. The number of aliphatic hydroxyl groups is 2. The molecule has 1 amide bonds. The zero-order valence-electron chi connectivity index (χ0n) is 33.1. The molecule has 0 saturated heterocycles. The third-order valence-corrected chi connectivity index (χ3v) is 11.4. The number of aliphatic imine (C=N–C) groups is 1. The van der Waals surface area contributed by atoms with Gasteiger partial charge in [-0.1, -0.05) is 45.9 Å². The Hall–Kier alpha value is -5.29. The highest BCUT2D eigenvalue weighted by atomic mass is 32.1. The molecular formula is C41H49N3O12S. The Morgan fingerprint density at radius 2 is 1.70 bits per heavy atom. The van der Waals surface area contributed by atoms with Crippen LogP contribution in [0.25, 0.3) is 10.8 Å². The Morgan fingerprint density at radius 1 is 1.00 bits per heavy atom.